The zero-order chi connectivity index (χ0) is 10.0. The topological polar surface area (TPSA) is 63.3 Å². The SMILES string of the molecule is Nc1cc(Br)c(Br)c(CC(=O)O)c1. The van der Waals surface area contributed by atoms with E-state index in [4.69, 9.17) is 10.8 Å². The number of anilines is 1. The summed E-state index contributed by atoms with van der Waals surface area (Å²) in [4.78, 5) is 10.5. The predicted octanol–water partition coefficient (Wildman–Crippen LogP) is 2.42. The molecule has 0 radical (unpaired) electrons. The van der Waals surface area contributed by atoms with Crippen molar-refractivity contribution in [3.05, 3.63) is 26.6 Å². The van der Waals surface area contributed by atoms with Gasteiger partial charge in [0.25, 0.3) is 0 Å². The zero-order valence-electron chi connectivity index (χ0n) is 6.55. The van der Waals surface area contributed by atoms with Crippen LogP contribution in [0, 0.1) is 0 Å². The maximum atomic E-state index is 10.5. The van der Waals surface area contributed by atoms with Gasteiger partial charge < -0.3 is 10.8 Å². The number of rotatable bonds is 2. The highest BCUT2D eigenvalue weighted by molar-refractivity contribution is 9.13. The fraction of sp³-hybridized carbons (Fsp3) is 0.125. The average Bonchev–Trinajstić information content (AvgIpc) is 1.98. The van der Waals surface area contributed by atoms with Crippen molar-refractivity contribution >= 4 is 43.5 Å². The lowest BCUT2D eigenvalue weighted by Gasteiger charge is -2.05. The Balaban J connectivity index is 3.12. The van der Waals surface area contributed by atoms with Crippen molar-refractivity contribution in [3.8, 4) is 0 Å². The molecule has 0 spiro atoms. The Morgan fingerprint density at radius 2 is 2.08 bits per heavy atom. The van der Waals surface area contributed by atoms with Crippen LogP contribution in [0.2, 0.25) is 0 Å². The first-order valence-electron chi connectivity index (χ1n) is 3.46. The van der Waals surface area contributed by atoms with Crippen molar-refractivity contribution in [1.82, 2.24) is 0 Å². The van der Waals surface area contributed by atoms with E-state index in [1.54, 1.807) is 12.1 Å². The molecule has 0 bridgehead atoms. The summed E-state index contributed by atoms with van der Waals surface area (Å²) in [6, 6.07) is 3.36. The summed E-state index contributed by atoms with van der Waals surface area (Å²) in [6.45, 7) is 0. The van der Waals surface area contributed by atoms with E-state index in [1.165, 1.54) is 0 Å². The molecule has 13 heavy (non-hydrogen) atoms. The van der Waals surface area contributed by atoms with Crippen molar-refractivity contribution in [2.24, 2.45) is 0 Å². The third kappa shape index (κ3) is 2.70. The molecule has 0 atom stereocenters. The lowest BCUT2D eigenvalue weighted by Crippen LogP contribution is -2.02. The molecule has 0 aliphatic heterocycles. The highest BCUT2D eigenvalue weighted by Gasteiger charge is 2.08. The van der Waals surface area contributed by atoms with Crippen molar-refractivity contribution < 1.29 is 9.90 Å². The maximum absolute atomic E-state index is 10.5. The number of benzene rings is 1. The second-order valence-corrected chi connectivity index (χ2v) is 4.19. The minimum atomic E-state index is -0.877. The first-order chi connectivity index (χ1) is 6.00. The van der Waals surface area contributed by atoms with Gasteiger partial charge in [-0.3, -0.25) is 4.79 Å². The van der Waals surface area contributed by atoms with Crippen molar-refractivity contribution in [2.45, 2.75) is 6.42 Å². The molecular formula is C8H7Br2NO2. The van der Waals surface area contributed by atoms with Gasteiger partial charge in [-0.2, -0.15) is 0 Å². The zero-order valence-corrected chi connectivity index (χ0v) is 9.72. The van der Waals surface area contributed by atoms with Crippen LogP contribution in [0.5, 0.6) is 0 Å². The van der Waals surface area contributed by atoms with Crippen LogP contribution >= 0.6 is 31.9 Å². The third-order valence-electron chi connectivity index (χ3n) is 1.47. The number of nitrogens with two attached hydrogens (primary N) is 1. The summed E-state index contributed by atoms with van der Waals surface area (Å²) in [5.41, 5.74) is 6.77. The molecule has 0 fully saturated rings. The number of hydrogen-bond donors (Lipinski definition) is 2. The second-order valence-electron chi connectivity index (χ2n) is 2.55. The van der Waals surface area contributed by atoms with Crippen molar-refractivity contribution in [1.29, 1.82) is 0 Å². The molecule has 0 unspecified atom stereocenters. The van der Waals surface area contributed by atoms with Crippen LogP contribution in [0.1, 0.15) is 5.56 Å². The Hall–Kier alpha value is -0.550. The van der Waals surface area contributed by atoms with Crippen LogP contribution in [0.25, 0.3) is 0 Å². The van der Waals surface area contributed by atoms with Gasteiger partial charge in [0.1, 0.15) is 0 Å². The molecule has 70 valence electrons. The lowest BCUT2D eigenvalue weighted by atomic mass is 10.1. The Bertz CT molecular complexity index is 352. The molecule has 1 aromatic rings. The van der Waals surface area contributed by atoms with Gasteiger partial charge in [0.2, 0.25) is 0 Å². The number of carboxylic acid groups (broad SMARTS) is 1. The minimum absolute atomic E-state index is 0.0375. The average molecular weight is 309 g/mol. The molecule has 3 N–H and O–H groups in total. The molecule has 0 amide bonds. The number of nitrogen functional groups attached to an aromatic ring is 1. The Labute approximate surface area is 92.2 Å². The Kier molecular flexibility index (Phi) is 3.33. The molecular weight excluding hydrogens is 302 g/mol. The van der Waals surface area contributed by atoms with Gasteiger partial charge in [0, 0.05) is 14.6 Å². The van der Waals surface area contributed by atoms with Gasteiger partial charge >= 0.3 is 5.97 Å². The lowest BCUT2D eigenvalue weighted by molar-refractivity contribution is -0.136. The van der Waals surface area contributed by atoms with Crippen LogP contribution < -0.4 is 5.73 Å². The normalized spacial score (nSPS) is 10.0. The molecule has 0 aliphatic carbocycles. The van der Waals surface area contributed by atoms with Gasteiger partial charge in [-0.1, -0.05) is 0 Å². The van der Waals surface area contributed by atoms with Crippen LogP contribution in [0.15, 0.2) is 21.1 Å². The fourth-order valence-electron chi connectivity index (χ4n) is 0.961. The molecule has 5 heteroatoms. The van der Waals surface area contributed by atoms with Crippen LogP contribution in [0.4, 0.5) is 5.69 Å². The molecule has 0 aromatic heterocycles. The summed E-state index contributed by atoms with van der Waals surface area (Å²) in [7, 11) is 0. The van der Waals surface area contributed by atoms with Crippen LogP contribution in [-0.2, 0) is 11.2 Å². The summed E-state index contributed by atoms with van der Waals surface area (Å²) in [5.74, 6) is -0.877. The van der Waals surface area contributed by atoms with Crippen molar-refractivity contribution in [2.75, 3.05) is 5.73 Å². The molecule has 0 saturated heterocycles. The van der Waals surface area contributed by atoms with Gasteiger partial charge in [0.15, 0.2) is 0 Å². The van der Waals surface area contributed by atoms with E-state index < -0.39 is 5.97 Å². The number of carboxylic acids is 1. The minimum Gasteiger partial charge on any atom is -0.481 e. The van der Waals surface area contributed by atoms with E-state index in [1.807, 2.05) is 0 Å². The number of halogens is 2. The van der Waals surface area contributed by atoms with Crippen LogP contribution in [0.3, 0.4) is 0 Å². The van der Waals surface area contributed by atoms with Gasteiger partial charge in [0.05, 0.1) is 6.42 Å². The monoisotopic (exact) mass is 307 g/mol. The predicted molar refractivity (Wildman–Crippen MR) is 57.6 cm³/mol. The van der Waals surface area contributed by atoms with Crippen molar-refractivity contribution in [3.63, 3.8) is 0 Å². The molecule has 1 rings (SSSR count). The first-order valence-corrected chi connectivity index (χ1v) is 5.04. The second kappa shape index (κ2) is 4.11. The standard InChI is InChI=1S/C8H7Br2NO2/c9-6-3-5(11)1-4(8(6)10)2-7(12)13/h1,3H,2,11H2,(H,12,13). The highest BCUT2D eigenvalue weighted by atomic mass is 79.9. The molecule has 0 heterocycles. The molecule has 1 aromatic carbocycles. The number of aliphatic carboxylic acids is 1. The summed E-state index contributed by atoms with van der Waals surface area (Å²) in [6.07, 6.45) is -0.0375. The third-order valence-corrected chi connectivity index (χ3v) is 3.56. The highest BCUT2D eigenvalue weighted by Crippen LogP contribution is 2.29. The Morgan fingerprint density at radius 3 is 2.62 bits per heavy atom. The van der Waals surface area contributed by atoms with Gasteiger partial charge in [-0.25, -0.2) is 0 Å². The van der Waals surface area contributed by atoms with Gasteiger partial charge in [-0.05, 0) is 49.6 Å². The van der Waals surface area contributed by atoms with Crippen LogP contribution in [-0.4, -0.2) is 11.1 Å². The van der Waals surface area contributed by atoms with E-state index in [2.05, 4.69) is 31.9 Å². The first kappa shape index (κ1) is 10.5. The van der Waals surface area contributed by atoms with E-state index in [0.717, 1.165) is 8.95 Å². The van der Waals surface area contributed by atoms with E-state index in [-0.39, 0.29) is 6.42 Å². The van der Waals surface area contributed by atoms with E-state index in [9.17, 15) is 4.79 Å². The maximum Gasteiger partial charge on any atom is 0.307 e. The largest absolute Gasteiger partial charge is 0.481 e. The molecule has 3 nitrogen and oxygen atoms in total. The van der Waals surface area contributed by atoms with E-state index >= 15 is 0 Å². The fourth-order valence-corrected chi connectivity index (χ4v) is 1.85. The van der Waals surface area contributed by atoms with Gasteiger partial charge in [-0.15, -0.1) is 0 Å². The quantitative estimate of drug-likeness (QED) is 0.825. The number of hydrogen-bond acceptors (Lipinski definition) is 2. The number of carbonyl (C=O) groups is 1. The molecule has 0 saturated carbocycles. The summed E-state index contributed by atoms with van der Waals surface area (Å²) in [5, 5.41) is 8.60. The molecule has 0 aliphatic rings. The van der Waals surface area contributed by atoms with E-state index in [0.29, 0.717) is 11.3 Å². The summed E-state index contributed by atoms with van der Waals surface area (Å²) >= 11 is 6.54. The smallest absolute Gasteiger partial charge is 0.307 e. The summed E-state index contributed by atoms with van der Waals surface area (Å²) < 4.78 is 1.51. The Morgan fingerprint density at radius 1 is 1.46 bits per heavy atom.